The van der Waals surface area contributed by atoms with Gasteiger partial charge in [-0.2, -0.15) is 0 Å². The number of nitrogens with zero attached hydrogens (tertiary/aromatic N) is 2. The average molecular weight is 249 g/mol. The molecule has 0 spiro atoms. The lowest BCUT2D eigenvalue weighted by molar-refractivity contribution is 0.0539. The van der Waals surface area contributed by atoms with Crippen molar-refractivity contribution in [1.82, 2.24) is 9.88 Å². The van der Waals surface area contributed by atoms with E-state index in [1.54, 1.807) is 23.2 Å². The van der Waals surface area contributed by atoms with Crippen molar-refractivity contribution in [3.05, 3.63) is 23.9 Å². The largest absolute Gasteiger partial charge is 0.383 e. The van der Waals surface area contributed by atoms with Crippen LogP contribution in [-0.4, -0.2) is 41.6 Å². The summed E-state index contributed by atoms with van der Waals surface area (Å²) in [5.74, 6) is 0.215. The molecule has 2 heterocycles. The summed E-state index contributed by atoms with van der Waals surface area (Å²) in [5.41, 5.74) is 6.20. The molecule has 0 radical (unpaired) electrons. The molecule has 1 unspecified atom stereocenters. The van der Waals surface area contributed by atoms with Gasteiger partial charge < -0.3 is 15.4 Å². The monoisotopic (exact) mass is 249 g/mol. The van der Waals surface area contributed by atoms with Gasteiger partial charge in [-0.15, -0.1) is 0 Å². The van der Waals surface area contributed by atoms with Crippen LogP contribution in [0.4, 0.5) is 5.82 Å². The van der Waals surface area contributed by atoms with Crippen molar-refractivity contribution in [3.63, 3.8) is 0 Å². The van der Waals surface area contributed by atoms with Gasteiger partial charge in [-0.05, 0) is 31.9 Å². The molecule has 5 heteroatoms. The van der Waals surface area contributed by atoms with Crippen LogP contribution in [0.25, 0.3) is 0 Å². The number of ether oxygens (including phenoxy) is 1. The smallest absolute Gasteiger partial charge is 0.257 e. The molecule has 0 bridgehead atoms. The van der Waals surface area contributed by atoms with Crippen molar-refractivity contribution in [1.29, 1.82) is 0 Å². The van der Waals surface area contributed by atoms with Crippen LogP contribution in [0, 0.1) is 0 Å². The zero-order chi connectivity index (χ0) is 13.0. The number of likely N-dealkylation sites (N-methyl/N-ethyl adjacent to an activating group) is 1. The Labute approximate surface area is 107 Å². The van der Waals surface area contributed by atoms with E-state index in [9.17, 15) is 4.79 Å². The van der Waals surface area contributed by atoms with E-state index in [1.165, 1.54) is 0 Å². The predicted molar refractivity (Wildman–Crippen MR) is 69.2 cm³/mol. The number of pyridine rings is 1. The number of nitrogens with two attached hydrogens (primary N) is 1. The highest BCUT2D eigenvalue weighted by Gasteiger charge is 2.23. The van der Waals surface area contributed by atoms with Gasteiger partial charge in [0.2, 0.25) is 0 Å². The lowest BCUT2D eigenvalue weighted by Crippen LogP contribution is -2.37. The van der Waals surface area contributed by atoms with Crippen molar-refractivity contribution >= 4 is 11.7 Å². The highest BCUT2D eigenvalue weighted by molar-refractivity contribution is 5.98. The van der Waals surface area contributed by atoms with Crippen LogP contribution in [0.2, 0.25) is 0 Å². The Kier molecular flexibility index (Phi) is 4.15. The molecule has 1 saturated heterocycles. The summed E-state index contributed by atoms with van der Waals surface area (Å²) in [5, 5.41) is 0. The number of aromatic nitrogens is 1. The van der Waals surface area contributed by atoms with Crippen LogP contribution in [0.1, 0.15) is 30.1 Å². The molecule has 1 amide bonds. The molecule has 0 saturated carbocycles. The van der Waals surface area contributed by atoms with Gasteiger partial charge in [0.05, 0.1) is 11.7 Å². The van der Waals surface area contributed by atoms with Crippen LogP contribution >= 0.6 is 0 Å². The molecule has 2 N–H and O–H groups in total. The summed E-state index contributed by atoms with van der Waals surface area (Å²) >= 11 is 0. The molecule has 0 aliphatic carbocycles. The molecule has 2 rings (SSSR count). The Balaban J connectivity index is 2.07. The lowest BCUT2D eigenvalue weighted by Gasteiger charge is -2.24. The Bertz CT molecular complexity index is 416. The zero-order valence-corrected chi connectivity index (χ0v) is 10.6. The summed E-state index contributed by atoms with van der Waals surface area (Å²) in [6.07, 6.45) is 3.84. The van der Waals surface area contributed by atoms with Crippen LogP contribution in [0.15, 0.2) is 18.3 Å². The quantitative estimate of drug-likeness (QED) is 0.873. The zero-order valence-electron chi connectivity index (χ0n) is 10.6. The summed E-state index contributed by atoms with van der Waals surface area (Å²) in [4.78, 5) is 18.0. The fourth-order valence-electron chi connectivity index (χ4n) is 2.16. The normalized spacial score (nSPS) is 18.8. The number of carbonyl (C=O) groups excluding carboxylic acids is 1. The number of hydrogen-bond acceptors (Lipinski definition) is 4. The van der Waals surface area contributed by atoms with Gasteiger partial charge in [-0.1, -0.05) is 0 Å². The first kappa shape index (κ1) is 12.8. The van der Waals surface area contributed by atoms with Crippen molar-refractivity contribution in [2.45, 2.75) is 25.9 Å². The van der Waals surface area contributed by atoms with Crippen LogP contribution in [0.5, 0.6) is 0 Å². The number of nitrogen functional groups attached to an aromatic ring is 1. The molecule has 1 fully saturated rings. The highest BCUT2D eigenvalue weighted by Crippen LogP contribution is 2.16. The van der Waals surface area contributed by atoms with Crippen molar-refractivity contribution in [2.75, 3.05) is 25.4 Å². The van der Waals surface area contributed by atoms with E-state index in [0.717, 1.165) is 19.4 Å². The number of anilines is 1. The first-order chi connectivity index (χ1) is 8.72. The highest BCUT2D eigenvalue weighted by atomic mass is 16.5. The molecule has 1 aromatic rings. The van der Waals surface area contributed by atoms with Crippen molar-refractivity contribution < 1.29 is 9.53 Å². The number of amides is 1. The Morgan fingerprint density at radius 2 is 2.50 bits per heavy atom. The van der Waals surface area contributed by atoms with E-state index in [1.807, 2.05) is 6.92 Å². The van der Waals surface area contributed by atoms with E-state index < -0.39 is 0 Å². The van der Waals surface area contributed by atoms with E-state index in [2.05, 4.69) is 4.98 Å². The van der Waals surface area contributed by atoms with E-state index in [0.29, 0.717) is 18.7 Å². The maximum atomic E-state index is 12.3. The van der Waals surface area contributed by atoms with Gasteiger partial charge in [0.25, 0.3) is 5.91 Å². The number of rotatable bonds is 4. The molecular weight excluding hydrogens is 230 g/mol. The SMILES string of the molecule is CCN(CC1CCCO1)C(=O)c1cccnc1N. The van der Waals surface area contributed by atoms with Crippen molar-refractivity contribution in [3.8, 4) is 0 Å². The lowest BCUT2D eigenvalue weighted by atomic mass is 10.2. The van der Waals surface area contributed by atoms with E-state index in [4.69, 9.17) is 10.5 Å². The average Bonchev–Trinajstić information content (AvgIpc) is 2.88. The summed E-state index contributed by atoms with van der Waals surface area (Å²) in [7, 11) is 0. The summed E-state index contributed by atoms with van der Waals surface area (Å²) in [6.45, 7) is 4.03. The van der Waals surface area contributed by atoms with Crippen molar-refractivity contribution in [2.24, 2.45) is 0 Å². The number of carbonyl (C=O) groups is 1. The summed E-state index contributed by atoms with van der Waals surface area (Å²) in [6, 6.07) is 3.44. The van der Waals surface area contributed by atoms with Gasteiger partial charge in [0.1, 0.15) is 5.82 Å². The summed E-state index contributed by atoms with van der Waals surface area (Å²) < 4.78 is 5.56. The molecule has 1 atom stereocenters. The second-order valence-corrected chi connectivity index (χ2v) is 4.42. The number of hydrogen-bond donors (Lipinski definition) is 1. The first-order valence-corrected chi connectivity index (χ1v) is 6.33. The minimum atomic E-state index is -0.0707. The molecule has 1 aromatic heterocycles. The fraction of sp³-hybridized carbons (Fsp3) is 0.538. The maximum Gasteiger partial charge on any atom is 0.257 e. The third-order valence-electron chi connectivity index (χ3n) is 3.19. The van der Waals surface area contributed by atoms with Gasteiger partial charge in [0, 0.05) is 25.9 Å². The van der Waals surface area contributed by atoms with E-state index >= 15 is 0 Å². The molecule has 5 nitrogen and oxygen atoms in total. The standard InChI is InChI=1S/C13H19N3O2/c1-2-16(9-10-5-4-8-18-10)13(17)11-6-3-7-15-12(11)14/h3,6-7,10H,2,4-5,8-9H2,1H3,(H2,14,15). The van der Waals surface area contributed by atoms with Crippen LogP contribution in [-0.2, 0) is 4.74 Å². The van der Waals surface area contributed by atoms with E-state index in [-0.39, 0.29) is 17.8 Å². The Morgan fingerprint density at radius 3 is 3.11 bits per heavy atom. The van der Waals surface area contributed by atoms with Gasteiger partial charge in [-0.3, -0.25) is 4.79 Å². The predicted octanol–water partition coefficient (Wildman–Crippen LogP) is 1.30. The van der Waals surface area contributed by atoms with Gasteiger partial charge in [0.15, 0.2) is 0 Å². The molecule has 18 heavy (non-hydrogen) atoms. The molecule has 1 aliphatic heterocycles. The Hall–Kier alpha value is -1.62. The minimum Gasteiger partial charge on any atom is -0.383 e. The molecule has 1 aliphatic rings. The third kappa shape index (κ3) is 2.79. The van der Waals surface area contributed by atoms with Crippen LogP contribution in [0.3, 0.4) is 0 Å². The molecular formula is C13H19N3O2. The van der Waals surface area contributed by atoms with Gasteiger partial charge >= 0.3 is 0 Å². The topological polar surface area (TPSA) is 68.5 Å². The van der Waals surface area contributed by atoms with Crippen LogP contribution < -0.4 is 5.73 Å². The van der Waals surface area contributed by atoms with Gasteiger partial charge in [-0.25, -0.2) is 4.98 Å². The maximum absolute atomic E-state index is 12.3. The fourth-order valence-corrected chi connectivity index (χ4v) is 2.16. The first-order valence-electron chi connectivity index (χ1n) is 6.33. The second kappa shape index (κ2) is 5.82. The third-order valence-corrected chi connectivity index (χ3v) is 3.19. The molecule has 0 aromatic carbocycles. The Morgan fingerprint density at radius 1 is 1.67 bits per heavy atom. The second-order valence-electron chi connectivity index (χ2n) is 4.42. The molecule has 98 valence electrons. The minimum absolute atomic E-state index is 0.0707.